The maximum absolute atomic E-state index is 13.1. The van der Waals surface area contributed by atoms with E-state index in [0.717, 1.165) is 5.56 Å². The largest absolute Gasteiger partial charge is 0.511 e. The summed E-state index contributed by atoms with van der Waals surface area (Å²) in [6.07, 6.45) is 1.14. The lowest BCUT2D eigenvalue weighted by Crippen LogP contribution is -2.30. The molecule has 0 spiro atoms. The number of hydrogen-bond acceptors (Lipinski definition) is 6. The molecule has 0 radical (unpaired) electrons. The number of rotatable bonds is 9. The summed E-state index contributed by atoms with van der Waals surface area (Å²) in [6.45, 7) is 8.85. The van der Waals surface area contributed by atoms with Gasteiger partial charge < -0.3 is 19.3 Å². The molecule has 6 heteroatoms. The van der Waals surface area contributed by atoms with Crippen LogP contribution in [0.5, 0.6) is 17.2 Å². The summed E-state index contributed by atoms with van der Waals surface area (Å²) in [7, 11) is 1.60. The first-order valence-corrected chi connectivity index (χ1v) is 11.3. The Kier molecular flexibility index (Phi) is 7.79. The Labute approximate surface area is 195 Å². The fourth-order valence-corrected chi connectivity index (χ4v) is 4.03. The van der Waals surface area contributed by atoms with E-state index < -0.39 is 0 Å². The van der Waals surface area contributed by atoms with Crippen molar-refractivity contribution in [2.75, 3.05) is 20.3 Å². The summed E-state index contributed by atoms with van der Waals surface area (Å²) >= 11 is 0. The van der Waals surface area contributed by atoms with Gasteiger partial charge in [-0.1, -0.05) is 26.0 Å². The molecule has 33 heavy (non-hydrogen) atoms. The smallest absolute Gasteiger partial charge is 0.168 e. The third kappa shape index (κ3) is 6.15. The van der Waals surface area contributed by atoms with Crippen LogP contribution in [0.2, 0.25) is 0 Å². The highest BCUT2D eigenvalue weighted by atomic mass is 16.5. The molecule has 1 N–H and O–H groups in total. The summed E-state index contributed by atoms with van der Waals surface area (Å²) in [5, 5.41) is 10.9. The number of aliphatic hydroxyl groups excluding tert-OH is 1. The van der Waals surface area contributed by atoms with Crippen LogP contribution >= 0.6 is 0 Å². The first-order valence-electron chi connectivity index (χ1n) is 11.3. The highest BCUT2D eigenvalue weighted by Gasteiger charge is 2.35. The van der Waals surface area contributed by atoms with Gasteiger partial charge in [0.05, 0.1) is 37.3 Å². The fraction of sp³-hybridized carbons (Fsp3) is 0.407. The maximum atomic E-state index is 13.1. The van der Waals surface area contributed by atoms with E-state index in [1.54, 1.807) is 13.2 Å². The Morgan fingerprint density at radius 2 is 1.76 bits per heavy atom. The molecule has 0 aromatic heterocycles. The van der Waals surface area contributed by atoms with Gasteiger partial charge in [0.2, 0.25) is 0 Å². The van der Waals surface area contributed by atoms with Crippen LogP contribution in [0.1, 0.15) is 46.1 Å². The summed E-state index contributed by atoms with van der Waals surface area (Å²) in [5.74, 6) is 1.98. The summed E-state index contributed by atoms with van der Waals surface area (Å²) < 4.78 is 16.8. The van der Waals surface area contributed by atoms with Crippen LogP contribution in [0.15, 0.2) is 58.8 Å². The lowest BCUT2D eigenvalue weighted by Gasteiger charge is -2.30. The Balaban J connectivity index is 2.07. The molecule has 1 aliphatic carbocycles. The summed E-state index contributed by atoms with van der Waals surface area (Å²) in [4.78, 5) is 17.9. The number of Topliss-reactive ketones (excluding diaryl/α,β-unsaturated/α-hetero) is 1. The normalized spacial score (nSPS) is 16.0. The van der Waals surface area contributed by atoms with Gasteiger partial charge in [0.1, 0.15) is 11.5 Å². The zero-order valence-electron chi connectivity index (χ0n) is 20.1. The number of carbonyl (C=O) groups is 1. The molecule has 6 nitrogen and oxygen atoms in total. The first kappa shape index (κ1) is 24.4. The minimum absolute atomic E-state index is 0.0915. The van der Waals surface area contributed by atoms with Crippen LogP contribution in [0.4, 0.5) is 5.69 Å². The molecule has 0 bridgehead atoms. The Morgan fingerprint density at radius 3 is 2.42 bits per heavy atom. The van der Waals surface area contributed by atoms with Gasteiger partial charge >= 0.3 is 0 Å². The third-order valence-corrected chi connectivity index (χ3v) is 5.44. The quantitative estimate of drug-likeness (QED) is 0.473. The van der Waals surface area contributed by atoms with Crippen molar-refractivity contribution < 1.29 is 24.1 Å². The molecule has 0 unspecified atom stereocenters. The van der Waals surface area contributed by atoms with Gasteiger partial charge in [-0.3, -0.25) is 9.79 Å². The van der Waals surface area contributed by atoms with Crippen molar-refractivity contribution in [1.82, 2.24) is 0 Å². The molecule has 176 valence electrons. The number of hydrogen-bond donors (Lipinski definition) is 1. The molecule has 0 amide bonds. The number of allylic oxidation sites excluding steroid dienone is 2. The van der Waals surface area contributed by atoms with E-state index in [1.165, 1.54) is 0 Å². The van der Waals surface area contributed by atoms with Crippen molar-refractivity contribution >= 4 is 17.2 Å². The molecule has 0 heterocycles. The molecule has 0 saturated heterocycles. The number of benzene rings is 2. The van der Waals surface area contributed by atoms with Crippen molar-refractivity contribution in [3.63, 3.8) is 0 Å². The molecular weight excluding hydrogens is 418 g/mol. The number of nitrogens with zero attached hydrogens (tertiary/aromatic N) is 1. The molecule has 2 aromatic rings. The monoisotopic (exact) mass is 451 g/mol. The molecule has 0 fully saturated rings. The maximum Gasteiger partial charge on any atom is 0.168 e. The molecule has 0 aliphatic heterocycles. The van der Waals surface area contributed by atoms with Crippen molar-refractivity contribution in [1.29, 1.82) is 0 Å². The van der Waals surface area contributed by atoms with E-state index >= 15 is 0 Å². The predicted octanol–water partition coefficient (Wildman–Crippen LogP) is 6.01. The topological polar surface area (TPSA) is 77.4 Å². The third-order valence-electron chi connectivity index (χ3n) is 5.44. The molecule has 0 atom stereocenters. The average molecular weight is 452 g/mol. The lowest BCUT2D eigenvalue weighted by molar-refractivity contribution is -0.117. The number of aliphatic hydroxyl groups is 1. The van der Waals surface area contributed by atoms with Crippen molar-refractivity contribution in [2.24, 2.45) is 10.4 Å². The van der Waals surface area contributed by atoms with Crippen molar-refractivity contribution in [3.8, 4) is 17.2 Å². The van der Waals surface area contributed by atoms with Crippen LogP contribution in [0.25, 0.3) is 0 Å². The van der Waals surface area contributed by atoms with Gasteiger partial charge in [-0.05, 0) is 49.1 Å². The first-order chi connectivity index (χ1) is 15.8. The predicted molar refractivity (Wildman–Crippen MR) is 130 cm³/mol. The van der Waals surface area contributed by atoms with Crippen LogP contribution in [-0.4, -0.2) is 36.9 Å². The standard InChI is InChI=1S/C27H33NO5/c1-6-32-24-12-11-18(14-25(24)33-7-2)13-21(28-19-9-8-10-20(15-19)31-5)26-22(29)16-27(3,4)17-23(26)30/h8-12,14-15,29H,6-7,13,16-17H2,1-5H3. The lowest BCUT2D eigenvalue weighted by atomic mass is 9.75. The van der Waals surface area contributed by atoms with Gasteiger partial charge in [0.15, 0.2) is 17.3 Å². The molecule has 0 saturated carbocycles. The number of methoxy groups -OCH3 is 1. The van der Waals surface area contributed by atoms with E-state index in [4.69, 9.17) is 19.2 Å². The summed E-state index contributed by atoms with van der Waals surface area (Å²) in [5.41, 5.74) is 2.10. The highest BCUT2D eigenvalue weighted by molar-refractivity contribution is 6.24. The Hall–Kier alpha value is -3.28. The molecular formula is C27H33NO5. The van der Waals surface area contributed by atoms with Gasteiger partial charge in [-0.15, -0.1) is 0 Å². The number of carbonyl (C=O) groups excluding carboxylic acids is 1. The van der Waals surface area contributed by atoms with E-state index in [1.807, 2.05) is 64.1 Å². The second-order valence-electron chi connectivity index (χ2n) is 8.85. The van der Waals surface area contributed by atoms with Gasteiger partial charge in [0, 0.05) is 25.3 Å². The van der Waals surface area contributed by atoms with Crippen LogP contribution in [0, 0.1) is 5.41 Å². The van der Waals surface area contributed by atoms with E-state index in [-0.39, 0.29) is 17.0 Å². The van der Waals surface area contributed by atoms with Gasteiger partial charge in [0.25, 0.3) is 0 Å². The van der Waals surface area contributed by atoms with E-state index in [0.29, 0.717) is 66.7 Å². The molecule has 1 aliphatic rings. The Morgan fingerprint density at radius 1 is 1.03 bits per heavy atom. The molecule has 3 rings (SSSR count). The number of ether oxygens (including phenoxy) is 3. The number of aliphatic imine (C=N–C) groups is 1. The van der Waals surface area contributed by atoms with Crippen molar-refractivity contribution in [3.05, 3.63) is 59.4 Å². The zero-order valence-corrected chi connectivity index (χ0v) is 20.1. The van der Waals surface area contributed by atoms with E-state index in [9.17, 15) is 9.90 Å². The number of ketones is 1. The van der Waals surface area contributed by atoms with Crippen molar-refractivity contribution in [2.45, 2.75) is 47.0 Å². The van der Waals surface area contributed by atoms with E-state index in [2.05, 4.69) is 0 Å². The summed E-state index contributed by atoms with van der Waals surface area (Å²) in [6, 6.07) is 13.0. The molecule has 2 aromatic carbocycles. The zero-order chi connectivity index (χ0) is 24.0. The SMILES string of the molecule is CCOc1ccc(CC(=Nc2cccc(OC)c2)C2=C(O)CC(C)(C)CC2=O)cc1OCC. The second kappa shape index (κ2) is 10.6. The minimum Gasteiger partial charge on any atom is -0.511 e. The van der Waals surface area contributed by atoms with Crippen LogP contribution < -0.4 is 14.2 Å². The van der Waals surface area contributed by atoms with Crippen LogP contribution in [-0.2, 0) is 11.2 Å². The van der Waals surface area contributed by atoms with Crippen LogP contribution in [0.3, 0.4) is 0 Å². The van der Waals surface area contributed by atoms with Gasteiger partial charge in [-0.25, -0.2) is 0 Å². The fourth-order valence-electron chi connectivity index (χ4n) is 4.03. The van der Waals surface area contributed by atoms with Gasteiger partial charge in [-0.2, -0.15) is 0 Å². The second-order valence-corrected chi connectivity index (χ2v) is 8.85. The minimum atomic E-state index is -0.285. The Bertz CT molecular complexity index is 1070. The average Bonchev–Trinajstić information content (AvgIpc) is 2.74. The highest BCUT2D eigenvalue weighted by Crippen LogP contribution is 2.37.